The molecule has 0 spiro atoms. The third-order valence-electron chi connectivity index (χ3n) is 3.86. The zero-order chi connectivity index (χ0) is 19.8. The van der Waals surface area contributed by atoms with Crippen LogP contribution in [0.25, 0.3) is 0 Å². The lowest BCUT2D eigenvalue weighted by Gasteiger charge is -2.12. The maximum Gasteiger partial charge on any atom is 0.337 e. The van der Waals surface area contributed by atoms with Gasteiger partial charge in [-0.2, -0.15) is 0 Å². The normalized spacial score (nSPS) is 10.3. The molecule has 0 saturated heterocycles. The molecule has 2 aromatic rings. The van der Waals surface area contributed by atoms with Crippen molar-refractivity contribution in [2.45, 2.75) is 27.2 Å². The number of carbonyl (C=O) groups is 2. The lowest BCUT2D eigenvalue weighted by molar-refractivity contribution is 0.0694. The molecule has 0 atom stereocenters. The number of aromatic carboxylic acids is 1. The standard InChI is InChI=1S/C20H24N2O5/c1-4-26-17-9-6-14(12-18(17)27-5-2)10-11-21-19(23)16-8-7-15(20(24)25)13(3)22-16/h6-9,12H,4-5,10-11H2,1-3H3,(H,21,23)(H,24,25). The Morgan fingerprint density at radius 1 is 1.07 bits per heavy atom. The molecule has 2 N–H and O–H groups in total. The maximum absolute atomic E-state index is 12.2. The van der Waals surface area contributed by atoms with E-state index in [9.17, 15) is 9.59 Å². The Morgan fingerprint density at radius 3 is 2.41 bits per heavy atom. The number of amides is 1. The summed E-state index contributed by atoms with van der Waals surface area (Å²) in [5, 5.41) is 11.8. The second-order valence-electron chi connectivity index (χ2n) is 5.79. The first kappa shape index (κ1) is 20.2. The number of rotatable bonds is 9. The fourth-order valence-electron chi connectivity index (χ4n) is 2.58. The molecule has 0 aliphatic heterocycles. The van der Waals surface area contributed by atoms with E-state index >= 15 is 0 Å². The Bertz CT molecular complexity index is 820. The van der Waals surface area contributed by atoms with Crippen molar-refractivity contribution in [2.75, 3.05) is 19.8 Å². The highest BCUT2D eigenvalue weighted by Crippen LogP contribution is 2.28. The van der Waals surface area contributed by atoms with Gasteiger partial charge in [-0.05, 0) is 57.0 Å². The largest absolute Gasteiger partial charge is 0.490 e. The van der Waals surface area contributed by atoms with Crippen molar-refractivity contribution < 1.29 is 24.2 Å². The van der Waals surface area contributed by atoms with Gasteiger partial charge in [0.2, 0.25) is 0 Å². The number of carboxylic acid groups (broad SMARTS) is 1. The number of ether oxygens (including phenoxy) is 2. The summed E-state index contributed by atoms with van der Waals surface area (Å²) in [5.41, 5.74) is 1.60. The summed E-state index contributed by atoms with van der Waals surface area (Å²) in [6.45, 7) is 6.90. The van der Waals surface area contributed by atoms with E-state index in [4.69, 9.17) is 14.6 Å². The predicted molar refractivity (Wildman–Crippen MR) is 101 cm³/mol. The van der Waals surface area contributed by atoms with Gasteiger partial charge in [0.1, 0.15) is 5.69 Å². The number of pyridine rings is 1. The first-order chi connectivity index (χ1) is 13.0. The third-order valence-corrected chi connectivity index (χ3v) is 3.86. The van der Waals surface area contributed by atoms with Crippen LogP contribution in [-0.2, 0) is 6.42 Å². The van der Waals surface area contributed by atoms with Gasteiger partial charge >= 0.3 is 5.97 Å². The molecule has 0 saturated carbocycles. The van der Waals surface area contributed by atoms with Crippen LogP contribution >= 0.6 is 0 Å². The van der Waals surface area contributed by atoms with Crippen LogP contribution in [0.3, 0.4) is 0 Å². The third kappa shape index (κ3) is 5.44. The number of hydrogen-bond acceptors (Lipinski definition) is 5. The van der Waals surface area contributed by atoms with E-state index < -0.39 is 5.97 Å². The molecular formula is C20H24N2O5. The van der Waals surface area contributed by atoms with Gasteiger partial charge < -0.3 is 19.9 Å². The van der Waals surface area contributed by atoms with Gasteiger partial charge in [0.05, 0.1) is 24.5 Å². The van der Waals surface area contributed by atoms with Crippen LogP contribution in [0, 0.1) is 6.92 Å². The summed E-state index contributed by atoms with van der Waals surface area (Å²) >= 11 is 0. The molecule has 0 bridgehead atoms. The molecule has 0 aliphatic carbocycles. The second kappa shape index (κ2) is 9.56. The first-order valence-corrected chi connectivity index (χ1v) is 8.83. The SMILES string of the molecule is CCOc1ccc(CCNC(=O)c2ccc(C(=O)O)c(C)n2)cc1OCC. The molecule has 7 heteroatoms. The minimum Gasteiger partial charge on any atom is -0.490 e. The first-order valence-electron chi connectivity index (χ1n) is 8.83. The molecule has 1 aromatic heterocycles. The van der Waals surface area contributed by atoms with Crippen LogP contribution in [0.2, 0.25) is 0 Å². The minimum atomic E-state index is -1.06. The molecule has 144 valence electrons. The monoisotopic (exact) mass is 372 g/mol. The van der Waals surface area contributed by atoms with Gasteiger partial charge in [0.15, 0.2) is 11.5 Å². The van der Waals surface area contributed by atoms with Crippen molar-refractivity contribution in [1.29, 1.82) is 0 Å². The van der Waals surface area contributed by atoms with Crippen molar-refractivity contribution in [3.63, 3.8) is 0 Å². The minimum absolute atomic E-state index is 0.0874. The van der Waals surface area contributed by atoms with Crippen LogP contribution in [0.5, 0.6) is 11.5 Å². The van der Waals surface area contributed by atoms with Crippen LogP contribution in [-0.4, -0.2) is 41.7 Å². The summed E-state index contributed by atoms with van der Waals surface area (Å²) in [5.74, 6) is -0.0198. The average Bonchev–Trinajstić information content (AvgIpc) is 2.63. The number of benzene rings is 1. The van der Waals surface area contributed by atoms with Crippen LogP contribution in [0.4, 0.5) is 0 Å². The Morgan fingerprint density at radius 2 is 1.78 bits per heavy atom. The number of nitrogens with zero attached hydrogens (tertiary/aromatic N) is 1. The van der Waals surface area contributed by atoms with Crippen LogP contribution in [0.15, 0.2) is 30.3 Å². The molecule has 0 aliphatic rings. The Balaban J connectivity index is 1.97. The number of aromatic nitrogens is 1. The highest BCUT2D eigenvalue weighted by Gasteiger charge is 2.13. The van der Waals surface area contributed by atoms with Crippen molar-refractivity contribution >= 4 is 11.9 Å². The van der Waals surface area contributed by atoms with Crippen molar-refractivity contribution in [3.8, 4) is 11.5 Å². The van der Waals surface area contributed by atoms with Gasteiger partial charge in [-0.15, -0.1) is 0 Å². The smallest absolute Gasteiger partial charge is 0.337 e. The number of nitrogens with one attached hydrogen (secondary N) is 1. The van der Waals surface area contributed by atoms with Gasteiger partial charge in [0.25, 0.3) is 5.91 Å². The van der Waals surface area contributed by atoms with E-state index in [1.54, 1.807) is 6.92 Å². The lowest BCUT2D eigenvalue weighted by atomic mass is 10.1. The number of aryl methyl sites for hydroxylation is 1. The van der Waals surface area contributed by atoms with Crippen molar-refractivity contribution in [3.05, 3.63) is 52.8 Å². The van der Waals surface area contributed by atoms with E-state index in [0.717, 1.165) is 5.56 Å². The summed E-state index contributed by atoms with van der Waals surface area (Å²) in [6.07, 6.45) is 0.615. The molecule has 27 heavy (non-hydrogen) atoms. The van der Waals surface area contributed by atoms with Gasteiger partial charge in [0, 0.05) is 6.54 Å². The number of hydrogen-bond donors (Lipinski definition) is 2. The van der Waals surface area contributed by atoms with Crippen molar-refractivity contribution in [1.82, 2.24) is 10.3 Å². The molecule has 0 fully saturated rings. The summed E-state index contributed by atoms with van der Waals surface area (Å²) in [7, 11) is 0. The van der Waals surface area contributed by atoms with Gasteiger partial charge in [-0.1, -0.05) is 6.07 Å². The fraction of sp³-hybridized carbons (Fsp3) is 0.350. The fourth-order valence-corrected chi connectivity index (χ4v) is 2.58. The molecule has 0 radical (unpaired) electrons. The van der Waals surface area contributed by atoms with Gasteiger partial charge in [-0.25, -0.2) is 9.78 Å². The highest BCUT2D eigenvalue weighted by molar-refractivity contribution is 5.94. The summed E-state index contributed by atoms with van der Waals surface area (Å²) < 4.78 is 11.1. The molecule has 0 unspecified atom stereocenters. The molecule has 2 rings (SSSR count). The van der Waals surface area contributed by atoms with Gasteiger partial charge in [-0.3, -0.25) is 4.79 Å². The number of carboxylic acids is 1. The van der Waals surface area contributed by atoms with E-state index in [1.807, 2.05) is 32.0 Å². The van der Waals surface area contributed by atoms with E-state index in [0.29, 0.717) is 43.4 Å². The maximum atomic E-state index is 12.2. The molecule has 1 aromatic carbocycles. The molecular weight excluding hydrogens is 348 g/mol. The molecule has 1 heterocycles. The van der Waals surface area contributed by atoms with Crippen LogP contribution in [0.1, 0.15) is 46.0 Å². The van der Waals surface area contributed by atoms with E-state index in [1.165, 1.54) is 12.1 Å². The topological polar surface area (TPSA) is 97.8 Å². The summed E-state index contributed by atoms with van der Waals surface area (Å²) in [4.78, 5) is 27.3. The van der Waals surface area contributed by atoms with E-state index in [-0.39, 0.29) is 17.2 Å². The lowest BCUT2D eigenvalue weighted by Crippen LogP contribution is -2.27. The second-order valence-corrected chi connectivity index (χ2v) is 5.79. The van der Waals surface area contributed by atoms with Crippen molar-refractivity contribution in [2.24, 2.45) is 0 Å². The molecule has 7 nitrogen and oxygen atoms in total. The highest BCUT2D eigenvalue weighted by atomic mass is 16.5. The zero-order valence-corrected chi connectivity index (χ0v) is 15.7. The predicted octanol–water partition coefficient (Wildman–Crippen LogP) is 2.86. The summed E-state index contributed by atoms with van der Waals surface area (Å²) in [6, 6.07) is 8.51. The van der Waals surface area contributed by atoms with Crippen LogP contribution < -0.4 is 14.8 Å². The Labute approximate surface area is 158 Å². The Hall–Kier alpha value is -3.09. The number of carbonyl (C=O) groups excluding carboxylic acids is 1. The average molecular weight is 372 g/mol. The Kier molecular flexibility index (Phi) is 7.16. The quantitative estimate of drug-likeness (QED) is 0.702. The molecule has 1 amide bonds. The zero-order valence-electron chi connectivity index (χ0n) is 15.7. The van der Waals surface area contributed by atoms with E-state index in [2.05, 4.69) is 10.3 Å².